The maximum atomic E-state index is 13.5. The molecule has 158 valence electrons. The van der Waals surface area contributed by atoms with Crippen LogP contribution in [0.2, 0.25) is 0 Å². The number of aromatic nitrogens is 1. The van der Waals surface area contributed by atoms with Crippen LogP contribution in [0, 0.1) is 5.92 Å². The van der Waals surface area contributed by atoms with Gasteiger partial charge < -0.3 is 19.4 Å². The van der Waals surface area contributed by atoms with Crippen molar-refractivity contribution in [2.24, 2.45) is 5.92 Å². The molecule has 4 heterocycles. The van der Waals surface area contributed by atoms with E-state index in [1.54, 1.807) is 11.1 Å². The lowest BCUT2D eigenvalue weighted by Gasteiger charge is -2.39. The monoisotopic (exact) mass is 400 g/mol. The number of amides is 2. The van der Waals surface area contributed by atoms with E-state index in [1.165, 1.54) is 0 Å². The van der Waals surface area contributed by atoms with Crippen molar-refractivity contribution >= 4 is 11.8 Å². The SMILES string of the molecule is CN1CCC(N(CC2CCCO2)C(=O)C2CC(=O)N(Cc3ccccn3)C2)CC1. The number of pyridine rings is 1. The van der Waals surface area contributed by atoms with Crippen molar-refractivity contribution in [1.29, 1.82) is 0 Å². The molecule has 3 aliphatic rings. The Morgan fingerprint density at radius 2 is 2.10 bits per heavy atom. The van der Waals surface area contributed by atoms with Crippen LogP contribution in [-0.4, -0.2) is 83.5 Å². The second-order valence-electron chi connectivity index (χ2n) is 8.66. The quantitative estimate of drug-likeness (QED) is 0.725. The molecule has 0 bridgehead atoms. The zero-order chi connectivity index (χ0) is 20.2. The van der Waals surface area contributed by atoms with Gasteiger partial charge in [0.2, 0.25) is 11.8 Å². The Hall–Kier alpha value is -1.99. The highest BCUT2D eigenvalue weighted by atomic mass is 16.5. The van der Waals surface area contributed by atoms with E-state index in [4.69, 9.17) is 4.74 Å². The third-order valence-corrected chi connectivity index (χ3v) is 6.48. The van der Waals surface area contributed by atoms with Crippen LogP contribution in [-0.2, 0) is 20.9 Å². The van der Waals surface area contributed by atoms with Gasteiger partial charge in [-0.2, -0.15) is 0 Å². The van der Waals surface area contributed by atoms with Crippen LogP contribution in [0.25, 0.3) is 0 Å². The topological polar surface area (TPSA) is 66.0 Å². The molecule has 4 rings (SSSR count). The minimum atomic E-state index is -0.257. The van der Waals surface area contributed by atoms with Crippen LogP contribution in [0.5, 0.6) is 0 Å². The molecule has 2 unspecified atom stereocenters. The lowest BCUT2D eigenvalue weighted by Crippen LogP contribution is -2.51. The van der Waals surface area contributed by atoms with Gasteiger partial charge in [0.1, 0.15) is 0 Å². The van der Waals surface area contributed by atoms with Crippen LogP contribution < -0.4 is 0 Å². The molecule has 0 aromatic carbocycles. The van der Waals surface area contributed by atoms with Gasteiger partial charge in [-0.15, -0.1) is 0 Å². The summed E-state index contributed by atoms with van der Waals surface area (Å²) in [5.41, 5.74) is 0.862. The van der Waals surface area contributed by atoms with Crippen LogP contribution >= 0.6 is 0 Å². The number of piperidine rings is 1. The van der Waals surface area contributed by atoms with E-state index in [-0.39, 0.29) is 29.9 Å². The third kappa shape index (κ3) is 4.95. The molecule has 2 amide bonds. The Labute approximate surface area is 173 Å². The zero-order valence-corrected chi connectivity index (χ0v) is 17.3. The van der Waals surface area contributed by atoms with E-state index in [2.05, 4.69) is 21.8 Å². The molecule has 3 saturated heterocycles. The first-order valence-electron chi connectivity index (χ1n) is 10.9. The Morgan fingerprint density at radius 3 is 2.79 bits per heavy atom. The van der Waals surface area contributed by atoms with Crippen LogP contribution in [0.15, 0.2) is 24.4 Å². The van der Waals surface area contributed by atoms with Crippen molar-refractivity contribution in [3.63, 3.8) is 0 Å². The third-order valence-electron chi connectivity index (χ3n) is 6.48. The van der Waals surface area contributed by atoms with Gasteiger partial charge in [0, 0.05) is 38.4 Å². The molecule has 1 aromatic rings. The molecule has 7 heteroatoms. The van der Waals surface area contributed by atoms with Crippen molar-refractivity contribution in [2.45, 2.75) is 50.8 Å². The molecular formula is C22H32N4O3. The van der Waals surface area contributed by atoms with Gasteiger partial charge in [0.25, 0.3) is 0 Å². The highest BCUT2D eigenvalue weighted by Gasteiger charge is 2.40. The number of nitrogens with zero attached hydrogens (tertiary/aromatic N) is 4. The maximum Gasteiger partial charge on any atom is 0.228 e. The first-order chi connectivity index (χ1) is 14.1. The van der Waals surface area contributed by atoms with E-state index in [0.29, 0.717) is 26.1 Å². The molecule has 0 saturated carbocycles. The predicted molar refractivity (Wildman–Crippen MR) is 109 cm³/mol. The maximum absolute atomic E-state index is 13.5. The summed E-state index contributed by atoms with van der Waals surface area (Å²) in [5.74, 6) is -0.0753. The fraction of sp³-hybridized carbons (Fsp3) is 0.682. The van der Waals surface area contributed by atoms with Gasteiger partial charge in [-0.3, -0.25) is 14.6 Å². The van der Waals surface area contributed by atoms with E-state index in [9.17, 15) is 9.59 Å². The van der Waals surface area contributed by atoms with Crippen molar-refractivity contribution in [3.05, 3.63) is 30.1 Å². The molecule has 3 aliphatic heterocycles. The summed E-state index contributed by atoms with van der Waals surface area (Å²) in [6, 6.07) is 5.97. The van der Waals surface area contributed by atoms with E-state index in [0.717, 1.165) is 51.1 Å². The standard InChI is InChI=1S/C22H32N4O3/c1-24-10-7-19(8-11-24)26(16-20-6-4-12-29-20)22(28)17-13-21(27)25(14-17)15-18-5-2-3-9-23-18/h2-3,5,9,17,19-20H,4,6-8,10-16H2,1H3. The molecule has 0 spiro atoms. The fourth-order valence-electron chi connectivity index (χ4n) is 4.75. The van der Waals surface area contributed by atoms with Gasteiger partial charge in [-0.05, 0) is 58.0 Å². The summed E-state index contributed by atoms with van der Waals surface area (Å²) < 4.78 is 5.84. The predicted octanol–water partition coefficient (Wildman–Crippen LogP) is 1.53. The summed E-state index contributed by atoms with van der Waals surface area (Å²) in [4.78, 5) is 36.6. The minimum Gasteiger partial charge on any atom is -0.376 e. The Morgan fingerprint density at radius 1 is 1.28 bits per heavy atom. The molecule has 0 aliphatic carbocycles. The molecule has 3 fully saturated rings. The first-order valence-corrected chi connectivity index (χ1v) is 10.9. The second-order valence-corrected chi connectivity index (χ2v) is 8.66. The van der Waals surface area contributed by atoms with E-state index < -0.39 is 0 Å². The Balaban J connectivity index is 1.42. The molecule has 7 nitrogen and oxygen atoms in total. The zero-order valence-electron chi connectivity index (χ0n) is 17.3. The van der Waals surface area contributed by atoms with Gasteiger partial charge in [0.05, 0.1) is 24.3 Å². The van der Waals surface area contributed by atoms with E-state index in [1.807, 2.05) is 18.2 Å². The van der Waals surface area contributed by atoms with Crippen molar-refractivity contribution in [1.82, 2.24) is 19.7 Å². The van der Waals surface area contributed by atoms with Crippen molar-refractivity contribution in [3.8, 4) is 0 Å². The number of carbonyl (C=O) groups excluding carboxylic acids is 2. The number of carbonyl (C=O) groups is 2. The molecule has 1 aromatic heterocycles. The molecule has 0 radical (unpaired) electrons. The van der Waals surface area contributed by atoms with Gasteiger partial charge in [-0.25, -0.2) is 0 Å². The molecule has 29 heavy (non-hydrogen) atoms. The molecule has 0 N–H and O–H groups in total. The normalized spacial score (nSPS) is 26.2. The number of hydrogen-bond acceptors (Lipinski definition) is 5. The number of rotatable bonds is 6. The van der Waals surface area contributed by atoms with Gasteiger partial charge >= 0.3 is 0 Å². The summed E-state index contributed by atoms with van der Waals surface area (Å²) in [7, 11) is 2.13. The second kappa shape index (κ2) is 9.22. The van der Waals surface area contributed by atoms with Crippen molar-refractivity contribution < 1.29 is 14.3 Å². The lowest BCUT2D eigenvalue weighted by atomic mass is 9.99. The summed E-state index contributed by atoms with van der Waals surface area (Å²) in [5, 5.41) is 0. The van der Waals surface area contributed by atoms with Crippen LogP contribution in [0.1, 0.15) is 37.8 Å². The number of likely N-dealkylation sites (tertiary alicyclic amines) is 2. The average Bonchev–Trinajstić information content (AvgIpc) is 3.37. The number of ether oxygens (including phenoxy) is 1. The van der Waals surface area contributed by atoms with Gasteiger partial charge in [0.15, 0.2) is 0 Å². The summed E-state index contributed by atoms with van der Waals surface area (Å²) >= 11 is 0. The Bertz CT molecular complexity index is 699. The summed E-state index contributed by atoms with van der Waals surface area (Å²) in [6.07, 6.45) is 6.26. The minimum absolute atomic E-state index is 0.0504. The highest BCUT2D eigenvalue weighted by Crippen LogP contribution is 2.27. The number of hydrogen-bond donors (Lipinski definition) is 0. The largest absolute Gasteiger partial charge is 0.376 e. The molecular weight excluding hydrogens is 368 g/mol. The molecule has 2 atom stereocenters. The van der Waals surface area contributed by atoms with Crippen LogP contribution in [0.3, 0.4) is 0 Å². The van der Waals surface area contributed by atoms with Gasteiger partial charge in [-0.1, -0.05) is 6.07 Å². The fourth-order valence-corrected chi connectivity index (χ4v) is 4.75. The highest BCUT2D eigenvalue weighted by molar-refractivity contribution is 5.89. The Kier molecular flexibility index (Phi) is 6.45. The van der Waals surface area contributed by atoms with Crippen molar-refractivity contribution in [2.75, 3.05) is 39.8 Å². The van der Waals surface area contributed by atoms with Crippen LogP contribution in [0.4, 0.5) is 0 Å². The summed E-state index contributed by atoms with van der Waals surface area (Å²) in [6.45, 7) is 4.44. The lowest BCUT2D eigenvalue weighted by molar-refractivity contribution is -0.141. The first kappa shape index (κ1) is 20.3. The van der Waals surface area contributed by atoms with E-state index >= 15 is 0 Å². The smallest absolute Gasteiger partial charge is 0.228 e. The average molecular weight is 401 g/mol.